The average Bonchev–Trinajstić information content (AvgIpc) is 2.14. The molecule has 0 unspecified atom stereocenters. The molecule has 5 nitrogen and oxygen atoms in total. The summed E-state index contributed by atoms with van der Waals surface area (Å²) in [6, 6.07) is 0. The van der Waals surface area contributed by atoms with Crippen molar-refractivity contribution < 1.29 is 0 Å². The van der Waals surface area contributed by atoms with Gasteiger partial charge < -0.3 is 16.8 Å². The molecule has 0 aromatic carbocycles. The van der Waals surface area contributed by atoms with Crippen molar-refractivity contribution in [3.8, 4) is 0 Å². The van der Waals surface area contributed by atoms with E-state index in [4.69, 9.17) is 16.9 Å². The Hall–Kier alpha value is -1.78. The van der Waals surface area contributed by atoms with Crippen LogP contribution in [0.3, 0.4) is 0 Å². The summed E-state index contributed by atoms with van der Waals surface area (Å²) < 4.78 is 0. The van der Waals surface area contributed by atoms with Gasteiger partial charge in [-0.3, -0.25) is 10.4 Å². The van der Waals surface area contributed by atoms with Gasteiger partial charge in [0.05, 0.1) is 12.2 Å². The Balaban J connectivity index is 4.66. The van der Waals surface area contributed by atoms with Gasteiger partial charge >= 0.3 is 0 Å². The van der Waals surface area contributed by atoms with Crippen LogP contribution < -0.4 is 16.8 Å². The third kappa shape index (κ3) is 4.30. The molecule has 0 aliphatic carbocycles. The number of rotatable bonds is 5. The maximum Gasteiger partial charge on any atom is 0.141 e. The highest BCUT2D eigenvalue weighted by Gasteiger charge is 2.03. The van der Waals surface area contributed by atoms with E-state index in [2.05, 4.69) is 10.3 Å². The molecule has 0 aliphatic heterocycles. The number of aliphatic imine (C=N–C) groups is 1. The van der Waals surface area contributed by atoms with E-state index < -0.39 is 0 Å². The zero-order valence-corrected chi connectivity index (χ0v) is 8.54. The number of nitrogens with two attached hydrogens (primary N) is 2. The van der Waals surface area contributed by atoms with Gasteiger partial charge in [-0.1, -0.05) is 6.08 Å². The highest BCUT2D eigenvalue weighted by Crippen LogP contribution is 1.95. The zero-order valence-electron chi connectivity index (χ0n) is 8.54. The van der Waals surface area contributed by atoms with Crippen molar-refractivity contribution in [3.63, 3.8) is 0 Å². The van der Waals surface area contributed by atoms with Crippen molar-refractivity contribution in [2.24, 2.45) is 16.5 Å². The fourth-order valence-electron chi connectivity index (χ4n) is 0.779. The summed E-state index contributed by atoms with van der Waals surface area (Å²) in [5.41, 5.74) is 11.9. The molecule has 0 heterocycles. The highest BCUT2D eigenvalue weighted by atomic mass is 14.9. The van der Waals surface area contributed by atoms with Crippen LogP contribution in [0.4, 0.5) is 0 Å². The molecule has 0 fully saturated rings. The molecule has 0 atom stereocenters. The van der Waals surface area contributed by atoms with Crippen LogP contribution in [0, 0.1) is 5.41 Å². The quantitative estimate of drug-likeness (QED) is 0.375. The van der Waals surface area contributed by atoms with Gasteiger partial charge in [-0.25, -0.2) is 0 Å². The Morgan fingerprint density at radius 1 is 1.43 bits per heavy atom. The second kappa shape index (κ2) is 6.71. The van der Waals surface area contributed by atoms with Crippen molar-refractivity contribution >= 4 is 12.1 Å². The van der Waals surface area contributed by atoms with Crippen molar-refractivity contribution in [1.29, 1.82) is 5.41 Å². The maximum absolute atomic E-state index is 7.29. The summed E-state index contributed by atoms with van der Waals surface area (Å²) in [7, 11) is 0. The SMILES string of the molecule is CC=CN/C(C(=N)N)=C(\N)CN=CC. The average molecular weight is 195 g/mol. The van der Waals surface area contributed by atoms with Crippen LogP contribution in [0.15, 0.2) is 28.7 Å². The predicted octanol–water partition coefficient (Wildman–Crippen LogP) is 0.307. The number of hydrogen-bond acceptors (Lipinski definition) is 4. The van der Waals surface area contributed by atoms with Gasteiger partial charge in [0.1, 0.15) is 11.5 Å². The molecular weight excluding hydrogens is 178 g/mol. The molecule has 0 aromatic heterocycles. The van der Waals surface area contributed by atoms with E-state index >= 15 is 0 Å². The number of nitrogens with one attached hydrogen (secondary N) is 2. The van der Waals surface area contributed by atoms with Crippen molar-refractivity contribution in [2.45, 2.75) is 13.8 Å². The van der Waals surface area contributed by atoms with Crippen LogP contribution >= 0.6 is 0 Å². The molecule has 78 valence electrons. The van der Waals surface area contributed by atoms with E-state index in [1.54, 1.807) is 25.4 Å². The maximum atomic E-state index is 7.29. The highest BCUT2D eigenvalue weighted by molar-refractivity contribution is 5.94. The molecular formula is C9H17N5. The zero-order chi connectivity index (χ0) is 11.0. The van der Waals surface area contributed by atoms with Gasteiger partial charge in [0.15, 0.2) is 0 Å². The molecule has 5 heteroatoms. The second-order valence-corrected chi connectivity index (χ2v) is 2.56. The molecule has 6 N–H and O–H groups in total. The minimum atomic E-state index is -0.0908. The lowest BCUT2D eigenvalue weighted by atomic mass is 10.3. The van der Waals surface area contributed by atoms with Crippen LogP contribution in [0.1, 0.15) is 13.8 Å². The summed E-state index contributed by atoms with van der Waals surface area (Å²) in [6.07, 6.45) is 5.11. The molecule has 0 spiro atoms. The van der Waals surface area contributed by atoms with Gasteiger partial charge in [-0.05, 0) is 26.3 Å². The van der Waals surface area contributed by atoms with E-state index in [9.17, 15) is 0 Å². The van der Waals surface area contributed by atoms with E-state index in [-0.39, 0.29) is 5.84 Å². The smallest absolute Gasteiger partial charge is 0.141 e. The van der Waals surface area contributed by atoms with Crippen LogP contribution in [-0.2, 0) is 0 Å². The first-order valence-corrected chi connectivity index (χ1v) is 4.28. The molecule has 0 radical (unpaired) electrons. The molecule has 0 bridgehead atoms. The van der Waals surface area contributed by atoms with E-state index in [0.29, 0.717) is 17.9 Å². The lowest BCUT2D eigenvalue weighted by Gasteiger charge is -2.08. The number of hydrogen-bond donors (Lipinski definition) is 4. The lowest BCUT2D eigenvalue weighted by Crippen LogP contribution is -2.27. The van der Waals surface area contributed by atoms with Gasteiger partial charge in [0.25, 0.3) is 0 Å². The first kappa shape index (κ1) is 12.2. The monoisotopic (exact) mass is 195 g/mol. The largest absolute Gasteiger partial charge is 0.399 e. The van der Waals surface area contributed by atoms with Crippen LogP contribution in [0.25, 0.3) is 0 Å². The van der Waals surface area contributed by atoms with Crippen molar-refractivity contribution in [2.75, 3.05) is 6.54 Å². The number of allylic oxidation sites excluding steroid dienone is 1. The molecule has 14 heavy (non-hydrogen) atoms. The molecule has 0 amide bonds. The van der Waals surface area contributed by atoms with Gasteiger partial charge in [0, 0.05) is 0 Å². The molecule has 0 aliphatic rings. The minimum Gasteiger partial charge on any atom is -0.399 e. The molecule has 0 saturated heterocycles. The second-order valence-electron chi connectivity index (χ2n) is 2.56. The third-order valence-corrected chi connectivity index (χ3v) is 1.43. The molecule has 0 saturated carbocycles. The van der Waals surface area contributed by atoms with E-state index in [1.807, 2.05) is 6.92 Å². The Kier molecular flexibility index (Phi) is 5.85. The van der Waals surface area contributed by atoms with E-state index in [0.717, 1.165) is 0 Å². The summed E-state index contributed by atoms with van der Waals surface area (Å²) in [5, 5.41) is 10.1. The Labute approximate surface area is 84.1 Å². The predicted molar refractivity (Wildman–Crippen MR) is 60.1 cm³/mol. The fraction of sp³-hybridized carbons (Fsp3) is 0.333. The standard InChI is InChI=1S/C9H17N5/c1-3-5-14-8(9(11)12)7(10)6-13-4-2/h3-5,14H,6,10H2,1-2H3,(H3,11,12)/b5-3?,8-7-,13-4?. The number of amidine groups is 1. The minimum absolute atomic E-state index is 0.0908. The summed E-state index contributed by atoms with van der Waals surface area (Å²) in [5.74, 6) is -0.0908. The summed E-state index contributed by atoms with van der Waals surface area (Å²) in [6.45, 7) is 4.00. The van der Waals surface area contributed by atoms with Crippen LogP contribution in [0.5, 0.6) is 0 Å². The first-order valence-electron chi connectivity index (χ1n) is 4.28. The topological polar surface area (TPSA) is 100 Å². The third-order valence-electron chi connectivity index (χ3n) is 1.43. The summed E-state index contributed by atoms with van der Waals surface area (Å²) >= 11 is 0. The lowest BCUT2D eigenvalue weighted by molar-refractivity contribution is 1.00. The van der Waals surface area contributed by atoms with Gasteiger partial charge in [-0.2, -0.15) is 0 Å². The van der Waals surface area contributed by atoms with Crippen molar-refractivity contribution in [1.82, 2.24) is 5.32 Å². The Morgan fingerprint density at radius 2 is 2.07 bits per heavy atom. The number of nitrogens with zero attached hydrogens (tertiary/aromatic N) is 1. The molecule has 0 rings (SSSR count). The fourth-order valence-corrected chi connectivity index (χ4v) is 0.779. The Bertz CT molecular complexity index is 275. The van der Waals surface area contributed by atoms with Gasteiger partial charge in [0.2, 0.25) is 0 Å². The van der Waals surface area contributed by atoms with Crippen LogP contribution in [0.2, 0.25) is 0 Å². The summed E-state index contributed by atoms with van der Waals surface area (Å²) in [4.78, 5) is 3.96. The molecule has 0 aromatic rings. The first-order chi connectivity index (χ1) is 6.63. The van der Waals surface area contributed by atoms with Gasteiger partial charge in [-0.15, -0.1) is 0 Å². The normalized spacial score (nSPS) is 13.3. The van der Waals surface area contributed by atoms with E-state index in [1.165, 1.54) is 0 Å². The van der Waals surface area contributed by atoms with Crippen LogP contribution in [-0.4, -0.2) is 18.6 Å². The van der Waals surface area contributed by atoms with Crippen molar-refractivity contribution in [3.05, 3.63) is 23.7 Å². The Morgan fingerprint density at radius 3 is 2.50 bits per heavy atom.